The molecule has 3 aromatic carbocycles. The molecule has 0 spiro atoms. The topological polar surface area (TPSA) is 59.6 Å². The second kappa shape index (κ2) is 9.77. The van der Waals surface area contributed by atoms with Crippen molar-refractivity contribution in [1.82, 2.24) is 5.32 Å². The second-order valence-corrected chi connectivity index (χ2v) is 7.71. The standard InChI is InChI=1S/C26H28N2O3/c1-3-30-25-16-20(17-31-25)15-19-11-13-22(14-12-19)28-26(29)27-18(2)23-10-6-8-21-7-4-5-9-24(21)23/h4-15,18,25H,3,16-17H2,1-2H3,(H2,27,28,29)/b20-15-/t18-,25-/m1/s1. The Morgan fingerprint density at radius 3 is 2.71 bits per heavy atom. The number of nitrogens with one attached hydrogen (secondary N) is 2. The van der Waals surface area contributed by atoms with Crippen LogP contribution < -0.4 is 10.6 Å². The molecule has 1 saturated heterocycles. The molecule has 0 aromatic heterocycles. The van der Waals surface area contributed by atoms with Gasteiger partial charge in [0.15, 0.2) is 6.29 Å². The third-order valence-electron chi connectivity index (χ3n) is 5.41. The molecule has 31 heavy (non-hydrogen) atoms. The number of ether oxygens (including phenoxy) is 2. The first-order valence-corrected chi connectivity index (χ1v) is 10.7. The van der Waals surface area contributed by atoms with Gasteiger partial charge in [-0.15, -0.1) is 0 Å². The van der Waals surface area contributed by atoms with Crippen LogP contribution in [0.25, 0.3) is 16.8 Å². The van der Waals surface area contributed by atoms with Gasteiger partial charge < -0.3 is 20.1 Å². The van der Waals surface area contributed by atoms with E-state index in [1.165, 1.54) is 11.0 Å². The van der Waals surface area contributed by atoms with Crippen molar-refractivity contribution in [2.45, 2.75) is 32.6 Å². The summed E-state index contributed by atoms with van der Waals surface area (Å²) in [7, 11) is 0. The van der Waals surface area contributed by atoms with Crippen LogP contribution in [0.3, 0.4) is 0 Å². The summed E-state index contributed by atoms with van der Waals surface area (Å²) in [5.74, 6) is 0. The summed E-state index contributed by atoms with van der Waals surface area (Å²) in [6, 6.07) is 21.8. The molecule has 0 bridgehead atoms. The Hall–Kier alpha value is -3.15. The van der Waals surface area contributed by atoms with Gasteiger partial charge in [0.1, 0.15) is 0 Å². The van der Waals surface area contributed by atoms with E-state index in [0.717, 1.165) is 28.6 Å². The highest BCUT2D eigenvalue weighted by atomic mass is 16.7. The SMILES string of the molecule is CCO[C@H]1C/C(=C/c2ccc(NC(=O)N[C@H](C)c3cccc4ccccc34)cc2)CO1. The fraction of sp³-hybridized carbons (Fsp3) is 0.269. The summed E-state index contributed by atoms with van der Waals surface area (Å²) in [6.45, 7) is 5.21. The lowest BCUT2D eigenvalue weighted by atomic mass is 10.00. The van der Waals surface area contributed by atoms with Gasteiger partial charge in [0.2, 0.25) is 0 Å². The zero-order chi connectivity index (χ0) is 21.6. The van der Waals surface area contributed by atoms with Gasteiger partial charge in [0.25, 0.3) is 0 Å². The Kier molecular flexibility index (Phi) is 6.65. The fourth-order valence-electron chi connectivity index (χ4n) is 3.89. The number of hydrogen-bond acceptors (Lipinski definition) is 3. The lowest BCUT2D eigenvalue weighted by molar-refractivity contribution is -0.106. The first-order valence-electron chi connectivity index (χ1n) is 10.7. The van der Waals surface area contributed by atoms with E-state index in [1.54, 1.807) is 0 Å². The molecule has 5 nitrogen and oxygen atoms in total. The molecule has 1 aliphatic rings. The number of fused-ring (bicyclic) bond motifs is 1. The molecule has 2 atom stereocenters. The summed E-state index contributed by atoms with van der Waals surface area (Å²) < 4.78 is 11.1. The van der Waals surface area contributed by atoms with E-state index in [9.17, 15) is 4.79 Å². The summed E-state index contributed by atoms with van der Waals surface area (Å²) in [5, 5.41) is 8.27. The maximum atomic E-state index is 12.5. The highest BCUT2D eigenvalue weighted by molar-refractivity contribution is 5.91. The van der Waals surface area contributed by atoms with E-state index in [4.69, 9.17) is 9.47 Å². The number of hydrogen-bond donors (Lipinski definition) is 2. The Balaban J connectivity index is 1.35. The Morgan fingerprint density at radius 2 is 1.90 bits per heavy atom. The van der Waals surface area contributed by atoms with Gasteiger partial charge in [-0.2, -0.15) is 0 Å². The molecule has 3 aromatic rings. The van der Waals surface area contributed by atoms with Crippen molar-refractivity contribution >= 4 is 28.6 Å². The monoisotopic (exact) mass is 416 g/mol. The summed E-state index contributed by atoms with van der Waals surface area (Å²) in [5.41, 5.74) is 4.13. The van der Waals surface area contributed by atoms with Gasteiger partial charge >= 0.3 is 6.03 Å². The van der Waals surface area contributed by atoms with E-state index >= 15 is 0 Å². The molecule has 0 radical (unpaired) electrons. The zero-order valence-corrected chi connectivity index (χ0v) is 17.9. The normalized spacial score (nSPS) is 18.3. The van der Waals surface area contributed by atoms with Gasteiger partial charge in [0.05, 0.1) is 12.6 Å². The van der Waals surface area contributed by atoms with Crippen LogP contribution in [0.1, 0.15) is 37.4 Å². The second-order valence-electron chi connectivity index (χ2n) is 7.71. The predicted molar refractivity (Wildman–Crippen MR) is 125 cm³/mol. The average molecular weight is 417 g/mol. The van der Waals surface area contributed by atoms with E-state index in [0.29, 0.717) is 13.2 Å². The maximum absolute atomic E-state index is 12.5. The van der Waals surface area contributed by atoms with Crippen LogP contribution in [-0.4, -0.2) is 25.5 Å². The summed E-state index contributed by atoms with van der Waals surface area (Å²) in [6.07, 6.45) is 2.78. The highest BCUT2D eigenvalue weighted by Gasteiger charge is 2.19. The third kappa shape index (κ3) is 5.32. The highest BCUT2D eigenvalue weighted by Crippen LogP contribution is 2.25. The number of carbonyl (C=O) groups is 1. The van der Waals surface area contributed by atoms with E-state index in [2.05, 4.69) is 41.0 Å². The Bertz CT molecular complexity index is 1070. The van der Waals surface area contributed by atoms with Crippen LogP contribution in [0.5, 0.6) is 0 Å². The third-order valence-corrected chi connectivity index (χ3v) is 5.41. The minimum atomic E-state index is -0.227. The quantitative estimate of drug-likeness (QED) is 0.527. The molecule has 1 aliphatic heterocycles. The summed E-state index contributed by atoms with van der Waals surface area (Å²) >= 11 is 0. The van der Waals surface area contributed by atoms with Crippen LogP contribution in [0.2, 0.25) is 0 Å². The minimum absolute atomic E-state index is 0.115. The van der Waals surface area contributed by atoms with Crippen molar-refractivity contribution in [3.05, 3.63) is 83.4 Å². The number of carbonyl (C=O) groups excluding carboxylic acids is 1. The molecule has 4 rings (SSSR count). The first-order chi connectivity index (χ1) is 15.1. The molecule has 2 N–H and O–H groups in total. The van der Waals surface area contributed by atoms with Crippen molar-refractivity contribution < 1.29 is 14.3 Å². The predicted octanol–water partition coefficient (Wildman–Crippen LogP) is 5.89. The molecular weight excluding hydrogens is 388 g/mol. The molecule has 160 valence electrons. The molecule has 5 heteroatoms. The molecule has 0 saturated carbocycles. The number of benzene rings is 3. The lowest BCUT2D eigenvalue weighted by Gasteiger charge is -2.17. The van der Waals surface area contributed by atoms with E-state index < -0.39 is 0 Å². The van der Waals surface area contributed by atoms with E-state index in [-0.39, 0.29) is 18.4 Å². The number of urea groups is 1. The van der Waals surface area contributed by atoms with Crippen LogP contribution in [0, 0.1) is 0 Å². The molecular formula is C26H28N2O3. The average Bonchev–Trinajstić information content (AvgIpc) is 3.21. The van der Waals surface area contributed by atoms with Crippen molar-refractivity contribution in [1.29, 1.82) is 0 Å². The largest absolute Gasteiger partial charge is 0.353 e. The summed E-state index contributed by atoms with van der Waals surface area (Å²) in [4.78, 5) is 12.5. The molecule has 1 heterocycles. The van der Waals surface area contributed by atoms with Gasteiger partial charge in [0, 0.05) is 18.7 Å². The van der Waals surface area contributed by atoms with Crippen molar-refractivity contribution in [3.8, 4) is 0 Å². The van der Waals surface area contributed by atoms with Crippen LogP contribution >= 0.6 is 0 Å². The van der Waals surface area contributed by atoms with Crippen molar-refractivity contribution in [2.75, 3.05) is 18.5 Å². The minimum Gasteiger partial charge on any atom is -0.353 e. The van der Waals surface area contributed by atoms with E-state index in [1.807, 2.05) is 56.3 Å². The van der Waals surface area contributed by atoms with Crippen molar-refractivity contribution in [2.24, 2.45) is 0 Å². The Morgan fingerprint density at radius 1 is 1.13 bits per heavy atom. The van der Waals surface area contributed by atoms with Gasteiger partial charge in [-0.1, -0.05) is 60.7 Å². The zero-order valence-electron chi connectivity index (χ0n) is 17.9. The lowest BCUT2D eigenvalue weighted by Crippen LogP contribution is -2.31. The molecule has 2 amide bonds. The van der Waals surface area contributed by atoms with Gasteiger partial charge in [-0.3, -0.25) is 0 Å². The van der Waals surface area contributed by atoms with Crippen molar-refractivity contribution in [3.63, 3.8) is 0 Å². The Labute approximate surface area is 183 Å². The van der Waals surface area contributed by atoms with Gasteiger partial charge in [-0.05, 0) is 53.5 Å². The molecule has 1 fully saturated rings. The number of rotatable bonds is 6. The molecule has 0 unspecified atom stereocenters. The fourth-order valence-corrected chi connectivity index (χ4v) is 3.89. The van der Waals surface area contributed by atoms with Gasteiger partial charge in [-0.25, -0.2) is 4.79 Å². The van der Waals surface area contributed by atoms with Crippen LogP contribution in [0.15, 0.2) is 72.3 Å². The first kappa shape index (κ1) is 21.1. The smallest absolute Gasteiger partial charge is 0.319 e. The van der Waals surface area contributed by atoms with Crippen LogP contribution in [0.4, 0.5) is 10.5 Å². The van der Waals surface area contributed by atoms with Crippen LogP contribution in [-0.2, 0) is 9.47 Å². The molecule has 0 aliphatic carbocycles. The maximum Gasteiger partial charge on any atom is 0.319 e. The number of anilines is 1. The number of amides is 2.